The van der Waals surface area contributed by atoms with E-state index in [0.717, 1.165) is 21.6 Å². The van der Waals surface area contributed by atoms with E-state index in [4.69, 9.17) is 9.47 Å². The lowest BCUT2D eigenvalue weighted by molar-refractivity contribution is -0.147. The molecule has 0 saturated carbocycles. The molecule has 4 unspecified atom stereocenters. The predicted molar refractivity (Wildman–Crippen MR) is 154 cm³/mol. The number of fused-ring (bicyclic) bond motifs is 1. The number of allylic oxidation sites excluding steroid dienone is 1. The molecule has 2 aromatic rings. The minimum absolute atomic E-state index is 0. The molecule has 9 heteroatoms. The van der Waals surface area contributed by atoms with Gasteiger partial charge in [-0.3, -0.25) is 24.1 Å². The van der Waals surface area contributed by atoms with Crippen LogP contribution in [-0.4, -0.2) is 48.2 Å². The van der Waals surface area contributed by atoms with Crippen LogP contribution in [-0.2, 0) is 35.3 Å². The first-order valence-corrected chi connectivity index (χ1v) is 12.9. The molecule has 1 aliphatic carbocycles. The summed E-state index contributed by atoms with van der Waals surface area (Å²) in [5, 5.41) is 0. The molecule has 0 spiro atoms. The SMILES string of the molecule is C.C.CC1=CC(C2CC(=O)N(C)C2=O)CC2C(=O)N(c3ccc(OCC(=O)OCc4ccc(C)cc4)cc3)C(=O)C12. The lowest BCUT2D eigenvalue weighted by atomic mass is 9.71. The number of hydrogen-bond acceptors (Lipinski definition) is 7. The summed E-state index contributed by atoms with van der Waals surface area (Å²) in [6, 6.07) is 14.1. The van der Waals surface area contributed by atoms with Crippen LogP contribution in [0.5, 0.6) is 5.75 Å². The van der Waals surface area contributed by atoms with E-state index in [1.807, 2.05) is 37.3 Å². The zero-order valence-corrected chi connectivity index (χ0v) is 22.1. The fraction of sp³-hybridized carbons (Fsp3) is 0.406. The van der Waals surface area contributed by atoms with Crippen LogP contribution in [0.15, 0.2) is 60.2 Å². The summed E-state index contributed by atoms with van der Waals surface area (Å²) in [5.74, 6) is -3.16. The number of amides is 4. The van der Waals surface area contributed by atoms with Gasteiger partial charge in [-0.2, -0.15) is 0 Å². The van der Waals surface area contributed by atoms with Crippen LogP contribution in [0.3, 0.4) is 0 Å². The lowest BCUT2D eigenvalue weighted by Gasteiger charge is -2.29. The van der Waals surface area contributed by atoms with Gasteiger partial charge in [0.15, 0.2) is 6.61 Å². The van der Waals surface area contributed by atoms with Crippen molar-refractivity contribution >= 4 is 35.3 Å². The van der Waals surface area contributed by atoms with Crippen molar-refractivity contribution in [1.82, 2.24) is 4.90 Å². The molecule has 2 fully saturated rings. The maximum Gasteiger partial charge on any atom is 0.344 e. The van der Waals surface area contributed by atoms with Gasteiger partial charge in [0.05, 0.1) is 23.4 Å². The third-order valence-electron chi connectivity index (χ3n) is 7.83. The zero-order valence-electron chi connectivity index (χ0n) is 22.1. The largest absolute Gasteiger partial charge is 0.482 e. The van der Waals surface area contributed by atoms with E-state index in [9.17, 15) is 24.0 Å². The van der Waals surface area contributed by atoms with Crippen molar-refractivity contribution in [3.05, 3.63) is 71.3 Å². The number of aryl methyl sites for hydroxylation is 1. The molecule has 5 rings (SSSR count). The van der Waals surface area contributed by atoms with Gasteiger partial charge >= 0.3 is 5.97 Å². The summed E-state index contributed by atoms with van der Waals surface area (Å²) in [5.41, 5.74) is 3.15. The Morgan fingerprint density at radius 1 is 0.878 bits per heavy atom. The molecule has 0 N–H and O–H groups in total. The summed E-state index contributed by atoms with van der Waals surface area (Å²) in [6.07, 6.45) is 2.35. The van der Waals surface area contributed by atoms with E-state index < -0.39 is 23.7 Å². The number of hydrogen-bond donors (Lipinski definition) is 0. The molecular weight excluding hydrogens is 524 g/mol. The Labute approximate surface area is 241 Å². The summed E-state index contributed by atoms with van der Waals surface area (Å²) >= 11 is 0. The van der Waals surface area contributed by atoms with Crippen LogP contribution in [0.25, 0.3) is 0 Å². The highest BCUT2D eigenvalue weighted by molar-refractivity contribution is 6.23. The number of rotatable bonds is 7. The summed E-state index contributed by atoms with van der Waals surface area (Å²) < 4.78 is 10.8. The first kappa shape index (κ1) is 31.3. The molecule has 2 aromatic carbocycles. The van der Waals surface area contributed by atoms with Crippen LogP contribution in [0.1, 0.15) is 45.7 Å². The van der Waals surface area contributed by atoms with Crippen molar-refractivity contribution in [2.75, 3.05) is 18.6 Å². The zero-order chi connectivity index (χ0) is 27.8. The number of nitrogens with zero attached hydrogens (tertiary/aromatic N) is 2. The van der Waals surface area contributed by atoms with Crippen molar-refractivity contribution in [2.45, 2.75) is 48.1 Å². The fourth-order valence-corrected chi connectivity index (χ4v) is 5.66. The Hall–Kier alpha value is -4.27. The van der Waals surface area contributed by atoms with Gasteiger partial charge in [-0.1, -0.05) is 56.3 Å². The van der Waals surface area contributed by atoms with Crippen molar-refractivity contribution in [2.24, 2.45) is 23.7 Å². The van der Waals surface area contributed by atoms with Crippen LogP contribution in [0, 0.1) is 30.6 Å². The third kappa shape index (κ3) is 6.09. The lowest BCUT2D eigenvalue weighted by Crippen LogP contribution is -2.33. The number of imide groups is 2. The van der Waals surface area contributed by atoms with Crippen LogP contribution >= 0.6 is 0 Å². The Morgan fingerprint density at radius 2 is 1.54 bits per heavy atom. The van der Waals surface area contributed by atoms with Gasteiger partial charge < -0.3 is 9.47 Å². The molecule has 3 aliphatic rings. The van der Waals surface area contributed by atoms with E-state index in [1.165, 1.54) is 11.9 Å². The molecular formula is C32H38N2O7. The standard InChI is InChI=1S/C30H30N2O7.2CH4/c1-17-4-6-19(7-5-17)15-39-26(34)16-38-22-10-8-21(9-11-22)32-29(36)24-13-20(12-18(2)27(24)30(32)37)23-14-25(33)31(3)28(23)35;;/h4-12,20,23-24,27H,13-16H2,1-3H3;2*1H4. The van der Waals surface area contributed by atoms with Crippen LogP contribution < -0.4 is 9.64 Å². The normalized spacial score (nSPS) is 23.4. The molecule has 4 amide bonds. The van der Waals surface area contributed by atoms with Gasteiger partial charge in [-0.25, -0.2) is 9.69 Å². The smallest absolute Gasteiger partial charge is 0.344 e. The van der Waals surface area contributed by atoms with Gasteiger partial charge in [-0.05, 0) is 56.0 Å². The second-order valence-electron chi connectivity index (χ2n) is 10.4. The third-order valence-corrected chi connectivity index (χ3v) is 7.83. The average molecular weight is 563 g/mol. The molecule has 4 atom stereocenters. The monoisotopic (exact) mass is 562 g/mol. The maximum absolute atomic E-state index is 13.4. The van der Waals surface area contributed by atoms with E-state index in [2.05, 4.69) is 0 Å². The number of carbonyl (C=O) groups excluding carboxylic acids is 5. The quantitative estimate of drug-likeness (QED) is 0.278. The Morgan fingerprint density at radius 3 is 2.15 bits per heavy atom. The molecule has 9 nitrogen and oxygen atoms in total. The van der Waals surface area contributed by atoms with E-state index in [0.29, 0.717) is 17.9 Å². The maximum atomic E-state index is 13.4. The van der Waals surface area contributed by atoms with Gasteiger partial charge in [0, 0.05) is 13.5 Å². The second kappa shape index (κ2) is 12.5. The first-order chi connectivity index (χ1) is 18.6. The highest BCUT2D eigenvalue weighted by Gasteiger charge is 2.53. The summed E-state index contributed by atoms with van der Waals surface area (Å²) in [7, 11) is 1.47. The number of ether oxygens (including phenoxy) is 2. The number of carbonyl (C=O) groups is 5. The fourth-order valence-electron chi connectivity index (χ4n) is 5.66. The number of esters is 1. The second-order valence-corrected chi connectivity index (χ2v) is 10.4. The topological polar surface area (TPSA) is 110 Å². The van der Waals surface area contributed by atoms with Gasteiger partial charge in [0.1, 0.15) is 12.4 Å². The van der Waals surface area contributed by atoms with Gasteiger partial charge in [-0.15, -0.1) is 0 Å². The molecule has 2 aliphatic heterocycles. The molecule has 0 bridgehead atoms. The molecule has 41 heavy (non-hydrogen) atoms. The molecule has 2 heterocycles. The van der Waals surface area contributed by atoms with Crippen molar-refractivity contribution < 1.29 is 33.4 Å². The van der Waals surface area contributed by atoms with Crippen LogP contribution in [0.4, 0.5) is 5.69 Å². The predicted octanol–water partition coefficient (Wildman–Crippen LogP) is 4.47. The Balaban J connectivity index is 0.00000231. The molecule has 0 aromatic heterocycles. The average Bonchev–Trinajstić information content (AvgIpc) is 3.33. The van der Waals surface area contributed by atoms with E-state index >= 15 is 0 Å². The Bertz CT molecular complexity index is 1360. The van der Waals surface area contributed by atoms with Crippen molar-refractivity contribution in [3.63, 3.8) is 0 Å². The number of likely N-dealkylation sites (tertiary alicyclic amines) is 1. The molecule has 2 saturated heterocycles. The van der Waals surface area contributed by atoms with Crippen LogP contribution in [0.2, 0.25) is 0 Å². The highest BCUT2D eigenvalue weighted by atomic mass is 16.6. The molecule has 0 radical (unpaired) electrons. The van der Waals surface area contributed by atoms with E-state index in [1.54, 1.807) is 31.2 Å². The molecule has 218 valence electrons. The van der Waals surface area contributed by atoms with Gasteiger partial charge in [0.2, 0.25) is 23.6 Å². The summed E-state index contributed by atoms with van der Waals surface area (Å²) in [6.45, 7) is 3.66. The minimum atomic E-state index is -0.585. The van der Waals surface area contributed by atoms with Crippen molar-refractivity contribution in [3.8, 4) is 5.75 Å². The number of anilines is 1. The first-order valence-electron chi connectivity index (χ1n) is 12.9. The van der Waals surface area contributed by atoms with Gasteiger partial charge in [0.25, 0.3) is 0 Å². The highest BCUT2D eigenvalue weighted by Crippen LogP contribution is 2.45. The van der Waals surface area contributed by atoms with Crippen molar-refractivity contribution in [1.29, 1.82) is 0 Å². The summed E-state index contributed by atoms with van der Waals surface area (Å²) in [4.78, 5) is 65.7. The Kier molecular flexibility index (Phi) is 9.53. The van der Waals surface area contributed by atoms with E-state index in [-0.39, 0.29) is 64.0 Å². The number of benzene rings is 2. The minimum Gasteiger partial charge on any atom is -0.482 e.